The van der Waals surface area contributed by atoms with Gasteiger partial charge in [-0.3, -0.25) is 9.20 Å². The van der Waals surface area contributed by atoms with Crippen LogP contribution >= 0.6 is 11.3 Å². The second-order valence-corrected chi connectivity index (χ2v) is 9.12. The number of rotatable bonds is 3. The fourth-order valence-electron chi connectivity index (χ4n) is 4.47. The van der Waals surface area contributed by atoms with Crippen molar-refractivity contribution in [2.75, 3.05) is 31.1 Å². The Bertz CT molecular complexity index is 1460. The summed E-state index contributed by atoms with van der Waals surface area (Å²) in [5, 5.41) is 2.12. The van der Waals surface area contributed by atoms with Gasteiger partial charge in [0.1, 0.15) is 12.0 Å². The maximum Gasteiger partial charge on any atom is 0.219 e. The molecule has 0 saturated carbocycles. The quantitative estimate of drug-likeness (QED) is 0.406. The first-order valence-corrected chi connectivity index (χ1v) is 11.8. The van der Waals surface area contributed by atoms with Crippen molar-refractivity contribution >= 4 is 38.8 Å². The van der Waals surface area contributed by atoms with Gasteiger partial charge in [0.15, 0.2) is 0 Å². The molecule has 1 aliphatic heterocycles. The Hall–Kier alpha value is -3.78. The van der Waals surface area contributed by atoms with Gasteiger partial charge in [-0.2, -0.15) is 0 Å². The largest absolute Gasteiger partial charge is 0.368 e. The molecule has 6 rings (SSSR count). The van der Waals surface area contributed by atoms with Gasteiger partial charge in [0.25, 0.3) is 0 Å². The number of thiophene rings is 1. The van der Waals surface area contributed by atoms with Gasteiger partial charge in [0.2, 0.25) is 5.91 Å². The van der Waals surface area contributed by atoms with E-state index in [1.807, 2.05) is 17.3 Å². The average Bonchev–Trinajstić information content (AvgIpc) is 3.47. The third kappa shape index (κ3) is 3.52. The topological polar surface area (TPSA) is 66.6 Å². The molecule has 0 aliphatic carbocycles. The number of anilines is 1. The van der Waals surface area contributed by atoms with E-state index < -0.39 is 0 Å². The minimum absolute atomic E-state index is 0.156. The van der Waals surface area contributed by atoms with Crippen molar-refractivity contribution in [3.05, 3.63) is 66.7 Å². The molecule has 0 bridgehead atoms. The van der Waals surface area contributed by atoms with Crippen molar-refractivity contribution in [2.24, 2.45) is 0 Å². The van der Waals surface area contributed by atoms with Gasteiger partial charge < -0.3 is 9.80 Å². The third-order valence-corrected chi connectivity index (χ3v) is 7.22. The van der Waals surface area contributed by atoms with Crippen molar-refractivity contribution in [3.8, 4) is 22.4 Å². The first kappa shape index (κ1) is 19.9. The SMILES string of the molecule is CC(=O)N1CCN(c2ccc(-c3ccn4c(-c5csc6cncnc56)cnc4c3)cc2)CC1. The molecular weight excluding hydrogens is 432 g/mol. The van der Waals surface area contributed by atoms with Crippen LogP contribution in [0, 0.1) is 0 Å². The fourth-order valence-corrected chi connectivity index (χ4v) is 5.34. The molecule has 1 fully saturated rings. The van der Waals surface area contributed by atoms with E-state index in [1.54, 1.807) is 24.6 Å². The number of fused-ring (bicyclic) bond motifs is 2. The van der Waals surface area contributed by atoms with Gasteiger partial charge in [0, 0.05) is 62.1 Å². The second-order valence-electron chi connectivity index (χ2n) is 8.21. The van der Waals surface area contributed by atoms with E-state index in [9.17, 15) is 4.79 Å². The van der Waals surface area contributed by atoms with E-state index in [-0.39, 0.29) is 5.91 Å². The Morgan fingerprint density at radius 2 is 1.79 bits per heavy atom. The summed E-state index contributed by atoms with van der Waals surface area (Å²) < 4.78 is 3.18. The molecule has 1 saturated heterocycles. The van der Waals surface area contributed by atoms with Crippen LogP contribution in [-0.4, -0.2) is 56.3 Å². The van der Waals surface area contributed by atoms with E-state index in [0.717, 1.165) is 64.4 Å². The molecule has 7 nitrogen and oxygen atoms in total. The van der Waals surface area contributed by atoms with Crippen LogP contribution in [0.15, 0.2) is 66.7 Å². The van der Waals surface area contributed by atoms with Gasteiger partial charge in [-0.25, -0.2) is 15.0 Å². The van der Waals surface area contributed by atoms with Gasteiger partial charge in [-0.05, 0) is 35.4 Å². The predicted octanol–water partition coefficient (Wildman–Crippen LogP) is 4.34. The van der Waals surface area contributed by atoms with Gasteiger partial charge in [-0.1, -0.05) is 12.1 Å². The molecule has 164 valence electrons. The highest BCUT2D eigenvalue weighted by atomic mass is 32.1. The molecule has 33 heavy (non-hydrogen) atoms. The van der Waals surface area contributed by atoms with Crippen molar-refractivity contribution < 1.29 is 4.79 Å². The molecule has 4 aromatic heterocycles. The highest BCUT2D eigenvalue weighted by molar-refractivity contribution is 7.17. The molecule has 1 amide bonds. The number of amides is 1. The zero-order valence-corrected chi connectivity index (χ0v) is 19.0. The lowest BCUT2D eigenvalue weighted by Gasteiger charge is -2.35. The van der Waals surface area contributed by atoms with Crippen LogP contribution in [0.25, 0.3) is 38.2 Å². The highest BCUT2D eigenvalue weighted by Crippen LogP contribution is 2.33. The summed E-state index contributed by atoms with van der Waals surface area (Å²) in [4.78, 5) is 29.0. The number of carbonyl (C=O) groups excluding carboxylic acids is 1. The van der Waals surface area contributed by atoms with Crippen LogP contribution < -0.4 is 4.90 Å². The second kappa shape index (κ2) is 7.97. The lowest BCUT2D eigenvalue weighted by atomic mass is 10.1. The molecule has 5 heterocycles. The summed E-state index contributed by atoms with van der Waals surface area (Å²) in [6, 6.07) is 12.9. The molecule has 0 unspecified atom stereocenters. The Morgan fingerprint density at radius 1 is 0.970 bits per heavy atom. The number of aromatic nitrogens is 4. The van der Waals surface area contributed by atoms with Crippen molar-refractivity contribution in [3.63, 3.8) is 0 Å². The predicted molar refractivity (Wildman–Crippen MR) is 132 cm³/mol. The summed E-state index contributed by atoms with van der Waals surface area (Å²) in [6.45, 7) is 4.93. The molecule has 0 N–H and O–H groups in total. The summed E-state index contributed by atoms with van der Waals surface area (Å²) in [5.41, 5.74) is 7.44. The minimum Gasteiger partial charge on any atom is -0.368 e. The van der Waals surface area contributed by atoms with Crippen LogP contribution in [0.3, 0.4) is 0 Å². The van der Waals surface area contributed by atoms with E-state index in [1.165, 1.54) is 5.69 Å². The number of piperazine rings is 1. The summed E-state index contributed by atoms with van der Waals surface area (Å²) in [5.74, 6) is 0.156. The summed E-state index contributed by atoms with van der Waals surface area (Å²) >= 11 is 1.65. The monoisotopic (exact) mass is 454 g/mol. The molecule has 8 heteroatoms. The Kier molecular flexibility index (Phi) is 4.80. The van der Waals surface area contributed by atoms with Crippen molar-refractivity contribution in [1.29, 1.82) is 0 Å². The van der Waals surface area contributed by atoms with Crippen LogP contribution in [0.5, 0.6) is 0 Å². The molecule has 0 atom stereocenters. The van der Waals surface area contributed by atoms with Gasteiger partial charge in [-0.15, -0.1) is 11.3 Å². The van der Waals surface area contributed by atoms with Crippen LogP contribution in [0.1, 0.15) is 6.92 Å². The average molecular weight is 455 g/mol. The van der Waals surface area contributed by atoms with Gasteiger partial charge >= 0.3 is 0 Å². The van der Waals surface area contributed by atoms with Crippen molar-refractivity contribution in [1.82, 2.24) is 24.3 Å². The number of benzene rings is 1. The van der Waals surface area contributed by atoms with Crippen molar-refractivity contribution in [2.45, 2.75) is 6.92 Å². The van der Waals surface area contributed by atoms with Crippen LogP contribution in [0.2, 0.25) is 0 Å². The van der Waals surface area contributed by atoms with E-state index in [2.05, 4.69) is 72.2 Å². The highest BCUT2D eigenvalue weighted by Gasteiger charge is 2.19. The van der Waals surface area contributed by atoms with E-state index >= 15 is 0 Å². The molecule has 5 aromatic rings. The molecule has 0 radical (unpaired) electrons. The minimum atomic E-state index is 0.156. The lowest BCUT2D eigenvalue weighted by molar-refractivity contribution is -0.129. The first-order chi connectivity index (χ1) is 16.2. The molecule has 0 spiro atoms. The normalized spacial score (nSPS) is 14.3. The summed E-state index contributed by atoms with van der Waals surface area (Å²) in [7, 11) is 0. The van der Waals surface area contributed by atoms with Crippen LogP contribution in [0.4, 0.5) is 5.69 Å². The van der Waals surface area contributed by atoms with E-state index in [0.29, 0.717) is 0 Å². The molecule has 1 aliphatic rings. The Morgan fingerprint density at radius 3 is 2.58 bits per heavy atom. The molecule has 1 aromatic carbocycles. The number of hydrogen-bond donors (Lipinski definition) is 0. The summed E-state index contributed by atoms with van der Waals surface area (Å²) in [6.07, 6.45) is 7.43. The molecular formula is C25H22N6OS. The maximum atomic E-state index is 11.6. The smallest absolute Gasteiger partial charge is 0.219 e. The number of pyridine rings is 1. The number of nitrogens with zero attached hydrogens (tertiary/aromatic N) is 6. The number of imidazole rings is 1. The zero-order chi connectivity index (χ0) is 22.4. The number of carbonyl (C=O) groups is 1. The first-order valence-electron chi connectivity index (χ1n) is 10.9. The van der Waals surface area contributed by atoms with Crippen LogP contribution in [-0.2, 0) is 4.79 Å². The lowest BCUT2D eigenvalue weighted by Crippen LogP contribution is -2.48. The number of hydrogen-bond acceptors (Lipinski definition) is 6. The Balaban J connectivity index is 1.26. The maximum absolute atomic E-state index is 11.6. The third-order valence-electron chi connectivity index (χ3n) is 6.32. The Labute approximate surface area is 195 Å². The zero-order valence-electron chi connectivity index (χ0n) is 18.2. The fraction of sp³-hybridized carbons (Fsp3) is 0.200. The van der Waals surface area contributed by atoms with E-state index in [4.69, 9.17) is 0 Å². The standard InChI is InChI=1S/C25H22N6OS/c1-17(32)29-8-10-30(11-9-29)20-4-2-18(3-5-20)19-6-7-31-22(13-27-24(31)12-19)21-15-33-23-14-26-16-28-25(21)23/h2-7,12-16H,8-11H2,1H3. The van der Waals surface area contributed by atoms with Gasteiger partial charge in [0.05, 0.1) is 22.1 Å².